The van der Waals surface area contributed by atoms with Gasteiger partial charge >= 0.3 is 6.01 Å². The quantitative estimate of drug-likeness (QED) is 0.627. The van der Waals surface area contributed by atoms with Crippen LogP contribution in [0.2, 0.25) is 0 Å². The first-order valence-corrected chi connectivity index (χ1v) is 8.42. The molecule has 1 atom stereocenters. The van der Waals surface area contributed by atoms with E-state index in [1.807, 2.05) is 30.3 Å². The van der Waals surface area contributed by atoms with Gasteiger partial charge < -0.3 is 9.47 Å². The van der Waals surface area contributed by atoms with E-state index in [0.29, 0.717) is 30.9 Å². The van der Waals surface area contributed by atoms with Crippen molar-refractivity contribution in [3.63, 3.8) is 0 Å². The maximum absolute atomic E-state index is 5.85. The van der Waals surface area contributed by atoms with Gasteiger partial charge in [-0.25, -0.2) is 0 Å². The molecule has 1 unspecified atom stereocenters. The molecular formula is C19H26N2O2. The Kier molecular flexibility index (Phi) is 6.85. The third-order valence-corrected chi connectivity index (χ3v) is 3.73. The van der Waals surface area contributed by atoms with E-state index in [-0.39, 0.29) is 0 Å². The third kappa shape index (κ3) is 5.23. The lowest BCUT2D eigenvalue weighted by Crippen LogP contribution is -2.10. The number of aromatic nitrogens is 2. The van der Waals surface area contributed by atoms with Crippen LogP contribution in [0.15, 0.2) is 36.5 Å². The van der Waals surface area contributed by atoms with E-state index < -0.39 is 0 Å². The van der Waals surface area contributed by atoms with Crippen LogP contribution in [0.1, 0.15) is 40.0 Å². The molecule has 124 valence electrons. The molecule has 1 aromatic heterocycles. The highest BCUT2D eigenvalue weighted by Gasteiger charge is 2.12. The molecule has 4 nitrogen and oxygen atoms in total. The van der Waals surface area contributed by atoms with Gasteiger partial charge in [0.2, 0.25) is 0 Å². The molecule has 0 bridgehead atoms. The average molecular weight is 314 g/mol. The monoisotopic (exact) mass is 314 g/mol. The third-order valence-electron chi connectivity index (χ3n) is 3.73. The fourth-order valence-electron chi connectivity index (χ4n) is 1.99. The van der Waals surface area contributed by atoms with E-state index in [0.717, 1.165) is 30.5 Å². The summed E-state index contributed by atoms with van der Waals surface area (Å²) in [5.41, 5.74) is 1.80. The van der Waals surface area contributed by atoms with Crippen LogP contribution >= 0.6 is 0 Å². The molecule has 0 amide bonds. The lowest BCUT2D eigenvalue weighted by molar-refractivity contribution is 0.236. The van der Waals surface area contributed by atoms with E-state index in [1.54, 1.807) is 6.20 Å². The SMILES string of the molecule is CCCCOc1cnc(OCC(C)CC)nc1-c1ccccc1. The number of nitrogens with zero attached hydrogens (tertiary/aromatic N) is 2. The smallest absolute Gasteiger partial charge is 0.317 e. The van der Waals surface area contributed by atoms with Gasteiger partial charge in [-0.1, -0.05) is 63.9 Å². The summed E-state index contributed by atoms with van der Waals surface area (Å²) in [6, 6.07) is 10.4. The summed E-state index contributed by atoms with van der Waals surface area (Å²) in [4.78, 5) is 8.86. The molecule has 2 rings (SSSR count). The van der Waals surface area contributed by atoms with Gasteiger partial charge in [-0.15, -0.1) is 0 Å². The Morgan fingerprint density at radius 2 is 1.87 bits per heavy atom. The van der Waals surface area contributed by atoms with E-state index in [4.69, 9.17) is 9.47 Å². The van der Waals surface area contributed by atoms with Crippen LogP contribution in [0.3, 0.4) is 0 Å². The fraction of sp³-hybridized carbons (Fsp3) is 0.474. The zero-order chi connectivity index (χ0) is 16.5. The summed E-state index contributed by atoms with van der Waals surface area (Å²) in [5, 5.41) is 0. The first-order valence-electron chi connectivity index (χ1n) is 8.42. The highest BCUT2D eigenvalue weighted by molar-refractivity contribution is 5.65. The number of hydrogen-bond donors (Lipinski definition) is 0. The van der Waals surface area contributed by atoms with Gasteiger partial charge in [0.25, 0.3) is 0 Å². The van der Waals surface area contributed by atoms with Crippen LogP contribution in [0.5, 0.6) is 11.8 Å². The van der Waals surface area contributed by atoms with E-state index in [2.05, 4.69) is 30.7 Å². The molecule has 0 N–H and O–H groups in total. The topological polar surface area (TPSA) is 44.2 Å². The summed E-state index contributed by atoms with van der Waals surface area (Å²) in [6.45, 7) is 7.74. The predicted octanol–water partition coefficient (Wildman–Crippen LogP) is 4.75. The lowest BCUT2D eigenvalue weighted by Gasteiger charge is -2.13. The zero-order valence-corrected chi connectivity index (χ0v) is 14.3. The summed E-state index contributed by atoms with van der Waals surface area (Å²) in [6.07, 6.45) is 4.90. The first kappa shape index (κ1) is 17.3. The Morgan fingerprint density at radius 3 is 2.57 bits per heavy atom. The van der Waals surface area contributed by atoms with Crippen molar-refractivity contribution in [3.8, 4) is 23.0 Å². The molecule has 4 heteroatoms. The van der Waals surface area contributed by atoms with Crippen molar-refractivity contribution in [2.45, 2.75) is 40.0 Å². The normalized spacial score (nSPS) is 12.0. The number of ether oxygens (including phenoxy) is 2. The molecule has 1 heterocycles. The summed E-state index contributed by atoms with van der Waals surface area (Å²) in [7, 11) is 0. The Labute approximate surface area is 138 Å². The molecule has 0 aliphatic heterocycles. The van der Waals surface area contributed by atoms with Crippen molar-refractivity contribution < 1.29 is 9.47 Å². The zero-order valence-electron chi connectivity index (χ0n) is 14.3. The highest BCUT2D eigenvalue weighted by Crippen LogP contribution is 2.29. The van der Waals surface area contributed by atoms with E-state index in [1.165, 1.54) is 0 Å². The van der Waals surface area contributed by atoms with Gasteiger partial charge in [0.05, 0.1) is 19.4 Å². The molecule has 0 fully saturated rings. The molecule has 0 aliphatic carbocycles. The van der Waals surface area contributed by atoms with Crippen LogP contribution in [-0.4, -0.2) is 23.2 Å². The van der Waals surface area contributed by atoms with Crippen LogP contribution in [0.4, 0.5) is 0 Å². The number of hydrogen-bond acceptors (Lipinski definition) is 4. The van der Waals surface area contributed by atoms with Crippen molar-refractivity contribution >= 4 is 0 Å². The van der Waals surface area contributed by atoms with Crippen LogP contribution in [-0.2, 0) is 0 Å². The van der Waals surface area contributed by atoms with Gasteiger partial charge in [-0.3, -0.25) is 0 Å². The number of benzene rings is 1. The average Bonchev–Trinajstić information content (AvgIpc) is 2.61. The molecule has 0 aliphatic rings. The van der Waals surface area contributed by atoms with Crippen LogP contribution < -0.4 is 9.47 Å². The largest absolute Gasteiger partial charge is 0.490 e. The second-order valence-electron chi connectivity index (χ2n) is 5.76. The van der Waals surface area contributed by atoms with Crippen LogP contribution in [0.25, 0.3) is 11.3 Å². The van der Waals surface area contributed by atoms with Gasteiger partial charge in [0, 0.05) is 5.56 Å². The molecule has 1 aromatic carbocycles. The molecule has 0 saturated carbocycles. The molecule has 0 radical (unpaired) electrons. The molecule has 0 saturated heterocycles. The second kappa shape index (κ2) is 9.13. The standard InChI is InChI=1S/C19H26N2O2/c1-4-6-12-22-17-13-20-19(23-14-15(3)5-2)21-18(17)16-10-8-7-9-11-16/h7-11,13,15H,4-6,12,14H2,1-3H3. The minimum absolute atomic E-state index is 0.409. The van der Waals surface area contributed by atoms with E-state index in [9.17, 15) is 0 Å². The second-order valence-corrected chi connectivity index (χ2v) is 5.76. The Morgan fingerprint density at radius 1 is 1.09 bits per heavy atom. The Bertz CT molecular complexity index is 587. The number of unbranched alkanes of at least 4 members (excludes halogenated alkanes) is 1. The van der Waals surface area contributed by atoms with Crippen molar-refractivity contribution in [2.24, 2.45) is 5.92 Å². The minimum atomic E-state index is 0.409. The lowest BCUT2D eigenvalue weighted by atomic mass is 10.1. The summed E-state index contributed by atoms with van der Waals surface area (Å²) >= 11 is 0. The molecule has 0 spiro atoms. The Balaban J connectivity index is 2.21. The predicted molar refractivity (Wildman–Crippen MR) is 92.8 cm³/mol. The maximum Gasteiger partial charge on any atom is 0.317 e. The van der Waals surface area contributed by atoms with Crippen molar-refractivity contribution in [3.05, 3.63) is 36.5 Å². The van der Waals surface area contributed by atoms with E-state index >= 15 is 0 Å². The Hall–Kier alpha value is -2.10. The fourth-order valence-corrected chi connectivity index (χ4v) is 1.99. The highest BCUT2D eigenvalue weighted by atomic mass is 16.5. The summed E-state index contributed by atoms with van der Waals surface area (Å²) < 4.78 is 11.6. The van der Waals surface area contributed by atoms with Crippen molar-refractivity contribution in [1.29, 1.82) is 0 Å². The minimum Gasteiger partial charge on any atom is -0.490 e. The van der Waals surface area contributed by atoms with Gasteiger partial charge in [-0.2, -0.15) is 9.97 Å². The molecular weight excluding hydrogens is 288 g/mol. The van der Waals surface area contributed by atoms with Gasteiger partial charge in [0.1, 0.15) is 5.69 Å². The molecule has 23 heavy (non-hydrogen) atoms. The molecule has 2 aromatic rings. The van der Waals surface area contributed by atoms with Gasteiger partial charge in [0.15, 0.2) is 5.75 Å². The number of rotatable bonds is 9. The maximum atomic E-state index is 5.85. The summed E-state index contributed by atoms with van der Waals surface area (Å²) in [5.74, 6) is 1.19. The first-order chi connectivity index (χ1) is 11.2. The van der Waals surface area contributed by atoms with Gasteiger partial charge in [-0.05, 0) is 12.3 Å². The van der Waals surface area contributed by atoms with Crippen molar-refractivity contribution in [2.75, 3.05) is 13.2 Å². The van der Waals surface area contributed by atoms with Crippen molar-refractivity contribution in [1.82, 2.24) is 9.97 Å². The van der Waals surface area contributed by atoms with Crippen LogP contribution in [0, 0.1) is 5.92 Å².